The summed E-state index contributed by atoms with van der Waals surface area (Å²) >= 11 is 8.89. The van der Waals surface area contributed by atoms with Gasteiger partial charge in [0.2, 0.25) is 0 Å². The van der Waals surface area contributed by atoms with Crippen LogP contribution in [0.3, 0.4) is 0 Å². The van der Waals surface area contributed by atoms with Crippen molar-refractivity contribution in [2.45, 2.75) is 11.4 Å². The Labute approximate surface area is 236 Å². The Kier molecular flexibility index (Phi) is 7.30. The van der Waals surface area contributed by atoms with Gasteiger partial charge >= 0.3 is 10.1 Å². The highest BCUT2D eigenvalue weighted by molar-refractivity contribution is 14.1. The maximum absolute atomic E-state index is 13.2. The highest BCUT2D eigenvalue weighted by Crippen LogP contribution is 2.38. The molecule has 0 unspecified atom stereocenters. The summed E-state index contributed by atoms with van der Waals surface area (Å²) in [5, 5.41) is 1.50. The molecule has 1 fully saturated rings. The van der Waals surface area contributed by atoms with E-state index >= 15 is 0 Å². The number of carbonyl (C=O) groups is 2. The average Bonchev–Trinajstić information content (AvgIpc) is 3.14. The van der Waals surface area contributed by atoms with Crippen LogP contribution >= 0.6 is 46.0 Å². The number of amides is 2. The van der Waals surface area contributed by atoms with Gasteiger partial charge in [-0.3, -0.25) is 14.5 Å². The van der Waals surface area contributed by atoms with Crippen LogP contribution in [-0.2, 0) is 21.5 Å². The van der Waals surface area contributed by atoms with Crippen molar-refractivity contribution in [3.8, 4) is 5.75 Å². The Hall–Kier alpha value is -2.86. The first-order chi connectivity index (χ1) is 17.7. The molecule has 1 saturated heterocycles. The fourth-order valence-electron chi connectivity index (χ4n) is 3.80. The van der Waals surface area contributed by atoms with E-state index in [-0.39, 0.29) is 22.1 Å². The SMILES string of the molecule is O=C1S/C(=C\c2c(OS(=O)(=O)c3ccc(Cl)cc3)ccc3ccccc23)C(=O)N1Cc1ccc(I)cc1. The molecule has 10 heteroatoms. The molecule has 4 aromatic carbocycles. The summed E-state index contributed by atoms with van der Waals surface area (Å²) in [7, 11) is -4.19. The molecule has 0 atom stereocenters. The van der Waals surface area contributed by atoms with Crippen molar-refractivity contribution in [3.05, 3.63) is 110 Å². The molecule has 0 saturated carbocycles. The van der Waals surface area contributed by atoms with Crippen LogP contribution in [0.1, 0.15) is 11.1 Å². The molecule has 1 aliphatic heterocycles. The summed E-state index contributed by atoms with van der Waals surface area (Å²) in [6.07, 6.45) is 1.52. The van der Waals surface area contributed by atoms with E-state index in [2.05, 4.69) is 22.6 Å². The van der Waals surface area contributed by atoms with Crippen LogP contribution in [0.25, 0.3) is 16.8 Å². The minimum absolute atomic E-state index is 0.0399. The third-order valence-corrected chi connectivity index (χ3v) is 8.76. The van der Waals surface area contributed by atoms with E-state index in [0.717, 1.165) is 26.3 Å². The lowest BCUT2D eigenvalue weighted by Gasteiger charge is -2.13. The second-order valence-corrected chi connectivity index (χ2v) is 12.3. The van der Waals surface area contributed by atoms with Crippen LogP contribution in [0, 0.1) is 3.57 Å². The van der Waals surface area contributed by atoms with Crippen molar-refractivity contribution in [3.63, 3.8) is 0 Å². The third-order valence-electron chi connectivity index (χ3n) is 5.64. The predicted molar refractivity (Wildman–Crippen MR) is 154 cm³/mol. The molecule has 0 spiro atoms. The van der Waals surface area contributed by atoms with E-state index in [1.807, 2.05) is 36.4 Å². The fourth-order valence-corrected chi connectivity index (χ4v) is 6.06. The molecule has 1 aliphatic rings. The number of rotatable bonds is 6. The minimum Gasteiger partial charge on any atom is -0.378 e. The van der Waals surface area contributed by atoms with Gasteiger partial charge in [0.15, 0.2) is 5.75 Å². The van der Waals surface area contributed by atoms with Gasteiger partial charge in [0.05, 0.1) is 11.4 Å². The largest absolute Gasteiger partial charge is 0.378 e. The zero-order valence-electron chi connectivity index (χ0n) is 18.9. The van der Waals surface area contributed by atoms with Crippen LogP contribution < -0.4 is 4.18 Å². The standard InChI is InChI=1S/C27H17ClINO5S2/c28-19-8-12-21(13-9-19)37(33,34)35-24-14-7-18-3-1-2-4-22(18)23(24)15-25-26(31)30(27(32)36-25)16-17-5-10-20(29)11-6-17/h1-15H,16H2/b25-15-. The summed E-state index contributed by atoms with van der Waals surface area (Å²) in [5.41, 5.74) is 1.21. The number of carbonyl (C=O) groups excluding carboxylic acids is 2. The topological polar surface area (TPSA) is 80.8 Å². The molecule has 0 aromatic heterocycles. The van der Waals surface area contributed by atoms with Gasteiger partial charge in [-0.25, -0.2) is 0 Å². The summed E-state index contributed by atoms with van der Waals surface area (Å²) in [6, 6.07) is 23.8. The third kappa shape index (κ3) is 5.54. The van der Waals surface area contributed by atoms with E-state index in [9.17, 15) is 18.0 Å². The lowest BCUT2D eigenvalue weighted by molar-refractivity contribution is -0.123. The van der Waals surface area contributed by atoms with Crippen LogP contribution in [0.15, 0.2) is 94.7 Å². The van der Waals surface area contributed by atoms with Gasteiger partial charge in [-0.2, -0.15) is 8.42 Å². The van der Waals surface area contributed by atoms with Crippen molar-refractivity contribution in [1.82, 2.24) is 4.90 Å². The second kappa shape index (κ2) is 10.5. The lowest BCUT2D eigenvalue weighted by atomic mass is 10.0. The number of nitrogens with zero attached hydrogens (tertiary/aromatic N) is 1. The highest BCUT2D eigenvalue weighted by Gasteiger charge is 2.35. The first-order valence-electron chi connectivity index (χ1n) is 10.9. The minimum atomic E-state index is -4.19. The number of imide groups is 1. The average molecular weight is 662 g/mol. The lowest BCUT2D eigenvalue weighted by Crippen LogP contribution is -2.27. The molecule has 0 aliphatic carbocycles. The molecule has 4 aromatic rings. The summed E-state index contributed by atoms with van der Waals surface area (Å²) in [5.74, 6) is -0.411. The molecule has 0 radical (unpaired) electrons. The second-order valence-electron chi connectivity index (χ2n) is 8.08. The van der Waals surface area contributed by atoms with Gasteiger partial charge in [0, 0.05) is 14.2 Å². The molecule has 6 nitrogen and oxygen atoms in total. The van der Waals surface area contributed by atoms with Gasteiger partial charge in [0.25, 0.3) is 11.1 Å². The number of hydrogen-bond acceptors (Lipinski definition) is 6. The quantitative estimate of drug-likeness (QED) is 0.125. The molecule has 0 bridgehead atoms. The number of fused-ring (bicyclic) bond motifs is 1. The Morgan fingerprint density at radius 2 is 1.62 bits per heavy atom. The summed E-state index contributed by atoms with van der Waals surface area (Å²) < 4.78 is 32.6. The van der Waals surface area contributed by atoms with Gasteiger partial charge in [-0.1, -0.05) is 54.1 Å². The van der Waals surface area contributed by atoms with E-state index < -0.39 is 21.3 Å². The number of hydrogen-bond donors (Lipinski definition) is 0. The molecular weight excluding hydrogens is 645 g/mol. The van der Waals surface area contributed by atoms with Crippen LogP contribution in [-0.4, -0.2) is 24.5 Å². The highest BCUT2D eigenvalue weighted by atomic mass is 127. The van der Waals surface area contributed by atoms with Gasteiger partial charge in [-0.15, -0.1) is 0 Å². The van der Waals surface area contributed by atoms with E-state index in [1.54, 1.807) is 18.2 Å². The molecule has 37 heavy (non-hydrogen) atoms. The van der Waals surface area contributed by atoms with Crippen molar-refractivity contribution in [1.29, 1.82) is 0 Å². The van der Waals surface area contributed by atoms with E-state index in [1.165, 1.54) is 41.3 Å². The predicted octanol–water partition coefficient (Wildman–Crippen LogP) is 7.10. The maximum atomic E-state index is 13.2. The van der Waals surface area contributed by atoms with Crippen molar-refractivity contribution >= 4 is 84.1 Å². The molecule has 186 valence electrons. The zero-order valence-corrected chi connectivity index (χ0v) is 23.5. The maximum Gasteiger partial charge on any atom is 0.339 e. The summed E-state index contributed by atoms with van der Waals surface area (Å²) in [4.78, 5) is 27.3. The smallest absolute Gasteiger partial charge is 0.339 e. The number of halogens is 2. The van der Waals surface area contributed by atoms with E-state index in [0.29, 0.717) is 16.0 Å². The van der Waals surface area contributed by atoms with Crippen LogP contribution in [0.2, 0.25) is 5.02 Å². The van der Waals surface area contributed by atoms with Crippen molar-refractivity contribution in [2.75, 3.05) is 0 Å². The first kappa shape index (κ1) is 25.8. The Balaban J connectivity index is 1.53. The molecule has 2 amide bonds. The van der Waals surface area contributed by atoms with Crippen molar-refractivity contribution in [2.24, 2.45) is 0 Å². The fraction of sp³-hybridized carbons (Fsp3) is 0.0370. The Morgan fingerprint density at radius 1 is 0.919 bits per heavy atom. The summed E-state index contributed by atoms with van der Waals surface area (Å²) in [6.45, 7) is 0.142. The van der Waals surface area contributed by atoms with Crippen LogP contribution in [0.5, 0.6) is 5.75 Å². The van der Waals surface area contributed by atoms with Crippen molar-refractivity contribution < 1.29 is 22.2 Å². The Morgan fingerprint density at radius 3 is 2.35 bits per heavy atom. The molecule has 5 rings (SSSR count). The van der Waals surface area contributed by atoms with Gasteiger partial charge in [0.1, 0.15) is 4.90 Å². The number of benzene rings is 4. The zero-order chi connectivity index (χ0) is 26.2. The van der Waals surface area contributed by atoms with E-state index in [4.69, 9.17) is 15.8 Å². The molecular formula is C27H17ClINO5S2. The van der Waals surface area contributed by atoms with Gasteiger partial charge in [-0.05, 0) is 99.2 Å². The first-order valence-corrected chi connectivity index (χ1v) is 14.6. The Bertz CT molecular complexity index is 1670. The normalized spacial score (nSPS) is 15.1. The van der Waals surface area contributed by atoms with Gasteiger partial charge < -0.3 is 4.18 Å². The number of thioether (sulfide) groups is 1. The molecule has 1 heterocycles. The van der Waals surface area contributed by atoms with Crippen LogP contribution in [0.4, 0.5) is 4.79 Å². The molecule has 0 N–H and O–H groups in total. The monoisotopic (exact) mass is 661 g/mol.